The molecule has 0 bridgehead atoms. The third kappa shape index (κ3) is 6.79. The maximum atomic E-state index is 12.0. The van der Waals surface area contributed by atoms with Gasteiger partial charge in [-0.15, -0.1) is 0 Å². The van der Waals surface area contributed by atoms with Gasteiger partial charge in [0.05, 0.1) is 5.57 Å². The molecule has 1 aromatic carbocycles. The van der Waals surface area contributed by atoms with Gasteiger partial charge < -0.3 is 4.74 Å². The van der Waals surface area contributed by atoms with Crippen molar-refractivity contribution >= 4 is 5.57 Å². The highest BCUT2D eigenvalue weighted by Gasteiger charge is 2.32. The number of hydrogen-bond acceptors (Lipinski definition) is 1. The Morgan fingerprint density at radius 2 is 1.59 bits per heavy atom. The summed E-state index contributed by atoms with van der Waals surface area (Å²) in [4.78, 5) is 0. The van der Waals surface area contributed by atoms with E-state index in [1.165, 1.54) is 12.1 Å². The van der Waals surface area contributed by atoms with E-state index in [2.05, 4.69) is 6.58 Å². The fourth-order valence-corrected chi connectivity index (χ4v) is 1.01. The molecule has 0 saturated heterocycles. The number of halogens is 3. The highest BCUT2D eigenvalue weighted by atomic mass is 19.4. The van der Waals surface area contributed by atoms with Crippen LogP contribution in [0.5, 0.6) is 0 Å². The molecule has 0 heterocycles. The quantitative estimate of drug-likeness (QED) is 0.772. The third-order valence-corrected chi connectivity index (χ3v) is 1.87. The van der Waals surface area contributed by atoms with Crippen LogP contribution in [-0.4, -0.2) is 19.4 Å². The van der Waals surface area contributed by atoms with Crippen molar-refractivity contribution in [2.75, 3.05) is 13.2 Å². The summed E-state index contributed by atoms with van der Waals surface area (Å²) in [5, 5.41) is 0. The van der Waals surface area contributed by atoms with Gasteiger partial charge in [0.2, 0.25) is 0 Å². The molecule has 0 spiro atoms. The molecule has 0 atom stereocenters. The Balaban J connectivity index is 0.000000437. The van der Waals surface area contributed by atoms with Gasteiger partial charge in [-0.1, -0.05) is 36.9 Å². The highest BCUT2D eigenvalue weighted by molar-refractivity contribution is 5.67. The molecular formula is C13H17F3O. The van der Waals surface area contributed by atoms with Crippen LogP contribution in [0.3, 0.4) is 0 Å². The van der Waals surface area contributed by atoms with Crippen molar-refractivity contribution in [3.05, 3.63) is 42.5 Å². The van der Waals surface area contributed by atoms with Gasteiger partial charge in [-0.2, -0.15) is 13.2 Å². The number of hydrogen-bond donors (Lipinski definition) is 0. The fourth-order valence-electron chi connectivity index (χ4n) is 1.01. The first-order chi connectivity index (χ1) is 7.93. The number of alkyl halides is 3. The van der Waals surface area contributed by atoms with Crippen LogP contribution in [0.1, 0.15) is 19.4 Å². The molecule has 1 nitrogen and oxygen atoms in total. The van der Waals surface area contributed by atoms with Gasteiger partial charge in [-0.05, 0) is 19.4 Å². The predicted molar refractivity (Wildman–Crippen MR) is 63.7 cm³/mol. The molecule has 0 aliphatic carbocycles. The summed E-state index contributed by atoms with van der Waals surface area (Å²) < 4.78 is 40.9. The minimum absolute atomic E-state index is 0.116. The average Bonchev–Trinajstić information content (AvgIpc) is 2.30. The normalized spacial score (nSPS) is 10.4. The molecular weight excluding hydrogens is 229 g/mol. The standard InChI is InChI=1S/C9H7F3.C4H10O/c1-7(9(10,11)12)8-5-3-2-4-6-8;1-3-5-4-2/h2-6H,1H2;3-4H2,1-2H3. The molecule has 0 aliphatic rings. The molecule has 0 aliphatic heterocycles. The molecule has 0 unspecified atom stereocenters. The number of ether oxygens (including phenoxy) is 1. The molecule has 96 valence electrons. The SMILES string of the molecule is C=C(c1ccccc1)C(F)(F)F.CCOCC. The van der Waals surface area contributed by atoms with Crippen molar-refractivity contribution in [3.63, 3.8) is 0 Å². The van der Waals surface area contributed by atoms with Gasteiger partial charge >= 0.3 is 6.18 Å². The van der Waals surface area contributed by atoms with E-state index in [4.69, 9.17) is 4.74 Å². The van der Waals surface area contributed by atoms with Crippen molar-refractivity contribution in [1.82, 2.24) is 0 Å². The van der Waals surface area contributed by atoms with E-state index >= 15 is 0 Å². The van der Waals surface area contributed by atoms with Crippen LogP contribution in [0.4, 0.5) is 13.2 Å². The second-order valence-corrected chi connectivity index (χ2v) is 3.12. The van der Waals surface area contributed by atoms with E-state index in [1.54, 1.807) is 18.2 Å². The summed E-state index contributed by atoms with van der Waals surface area (Å²) in [6.07, 6.45) is -4.33. The van der Waals surface area contributed by atoms with Gasteiger partial charge in [0.15, 0.2) is 0 Å². The van der Waals surface area contributed by atoms with Gasteiger partial charge in [0, 0.05) is 13.2 Å². The number of rotatable bonds is 3. The molecule has 4 heteroatoms. The summed E-state index contributed by atoms with van der Waals surface area (Å²) >= 11 is 0. The zero-order chi connectivity index (χ0) is 13.3. The van der Waals surface area contributed by atoms with Crippen molar-refractivity contribution in [3.8, 4) is 0 Å². The zero-order valence-corrected chi connectivity index (χ0v) is 10.1. The van der Waals surface area contributed by atoms with Crippen LogP contribution in [0.15, 0.2) is 36.9 Å². The number of allylic oxidation sites excluding steroid dienone is 1. The lowest BCUT2D eigenvalue weighted by molar-refractivity contribution is -0.0686. The Kier molecular flexibility index (Phi) is 7.30. The van der Waals surface area contributed by atoms with Crippen LogP contribution in [-0.2, 0) is 4.74 Å². The van der Waals surface area contributed by atoms with Crippen LogP contribution < -0.4 is 0 Å². The Labute approximate surface area is 99.9 Å². The van der Waals surface area contributed by atoms with Crippen molar-refractivity contribution in [2.24, 2.45) is 0 Å². The Morgan fingerprint density at radius 1 is 1.12 bits per heavy atom. The maximum absolute atomic E-state index is 12.0. The Hall–Kier alpha value is -1.29. The van der Waals surface area contributed by atoms with Crippen molar-refractivity contribution < 1.29 is 17.9 Å². The minimum Gasteiger partial charge on any atom is -0.382 e. The topological polar surface area (TPSA) is 9.23 Å². The van der Waals surface area contributed by atoms with E-state index in [0.29, 0.717) is 0 Å². The monoisotopic (exact) mass is 246 g/mol. The van der Waals surface area contributed by atoms with E-state index in [1.807, 2.05) is 13.8 Å². The molecule has 0 saturated carbocycles. The summed E-state index contributed by atoms with van der Waals surface area (Å²) in [6, 6.07) is 7.53. The molecule has 1 aromatic rings. The fraction of sp³-hybridized carbons (Fsp3) is 0.385. The highest BCUT2D eigenvalue weighted by Crippen LogP contribution is 2.31. The lowest BCUT2D eigenvalue weighted by Gasteiger charge is -2.08. The van der Waals surface area contributed by atoms with Crippen molar-refractivity contribution in [1.29, 1.82) is 0 Å². The maximum Gasteiger partial charge on any atom is 0.416 e. The number of benzene rings is 1. The van der Waals surface area contributed by atoms with Crippen LogP contribution >= 0.6 is 0 Å². The van der Waals surface area contributed by atoms with Gasteiger partial charge in [0.1, 0.15) is 0 Å². The average molecular weight is 246 g/mol. The van der Waals surface area contributed by atoms with E-state index in [9.17, 15) is 13.2 Å². The first kappa shape index (κ1) is 15.7. The first-order valence-corrected chi connectivity index (χ1v) is 5.32. The largest absolute Gasteiger partial charge is 0.416 e. The molecule has 17 heavy (non-hydrogen) atoms. The van der Waals surface area contributed by atoms with Gasteiger partial charge in [0.25, 0.3) is 0 Å². The lowest BCUT2D eigenvalue weighted by atomic mass is 10.1. The van der Waals surface area contributed by atoms with Crippen molar-refractivity contribution in [2.45, 2.75) is 20.0 Å². The van der Waals surface area contributed by atoms with E-state index in [0.717, 1.165) is 13.2 Å². The summed E-state index contributed by atoms with van der Waals surface area (Å²) in [5.41, 5.74) is -0.687. The van der Waals surface area contributed by atoms with E-state index < -0.39 is 11.7 Å². The molecule has 0 aromatic heterocycles. The first-order valence-electron chi connectivity index (χ1n) is 5.32. The van der Waals surface area contributed by atoms with Gasteiger partial charge in [-0.3, -0.25) is 0 Å². The van der Waals surface area contributed by atoms with Crippen LogP contribution in [0, 0.1) is 0 Å². The molecule has 0 radical (unpaired) electrons. The van der Waals surface area contributed by atoms with Crippen LogP contribution in [0.2, 0.25) is 0 Å². The smallest absolute Gasteiger partial charge is 0.382 e. The Morgan fingerprint density at radius 3 is 1.88 bits per heavy atom. The van der Waals surface area contributed by atoms with Crippen LogP contribution in [0.25, 0.3) is 5.57 Å². The lowest BCUT2D eigenvalue weighted by Crippen LogP contribution is -2.09. The molecule has 0 amide bonds. The molecule has 1 rings (SSSR count). The second-order valence-electron chi connectivity index (χ2n) is 3.12. The third-order valence-electron chi connectivity index (χ3n) is 1.87. The second kappa shape index (κ2) is 7.90. The van der Waals surface area contributed by atoms with E-state index in [-0.39, 0.29) is 5.56 Å². The molecule has 0 N–H and O–H groups in total. The Bertz CT molecular complexity index is 315. The predicted octanol–water partition coefficient (Wildman–Crippen LogP) is 4.30. The summed E-state index contributed by atoms with van der Waals surface area (Å²) in [5.74, 6) is 0. The zero-order valence-electron chi connectivity index (χ0n) is 10.1. The summed E-state index contributed by atoms with van der Waals surface area (Å²) in [7, 11) is 0. The summed E-state index contributed by atoms with van der Waals surface area (Å²) in [6.45, 7) is 8.64. The minimum atomic E-state index is -4.33. The molecule has 0 fully saturated rings. The van der Waals surface area contributed by atoms with Gasteiger partial charge in [-0.25, -0.2) is 0 Å².